The lowest BCUT2D eigenvalue weighted by molar-refractivity contribution is -0.122. The molecular formula is C36H44N4O6. The monoisotopic (exact) mass is 628 g/mol. The summed E-state index contributed by atoms with van der Waals surface area (Å²) in [6, 6.07) is 16.4. The fourth-order valence-electron chi connectivity index (χ4n) is 6.53. The number of likely N-dealkylation sites (tertiary alicyclic amines) is 1. The van der Waals surface area contributed by atoms with Gasteiger partial charge in [0.05, 0.1) is 33.1 Å². The summed E-state index contributed by atoms with van der Waals surface area (Å²) in [4.78, 5) is 41.6. The predicted molar refractivity (Wildman–Crippen MR) is 179 cm³/mol. The van der Waals surface area contributed by atoms with Crippen LogP contribution in [0.25, 0.3) is 11.1 Å². The number of ether oxygens (including phenoxy) is 3. The Labute approximate surface area is 270 Å². The van der Waals surface area contributed by atoms with Gasteiger partial charge in [-0.05, 0) is 73.1 Å². The van der Waals surface area contributed by atoms with Crippen molar-refractivity contribution < 1.29 is 23.8 Å². The molecule has 0 spiro atoms. The van der Waals surface area contributed by atoms with Gasteiger partial charge in [-0.3, -0.25) is 19.3 Å². The fraction of sp³-hybridized carbons (Fsp3) is 0.417. The molecule has 0 saturated carbocycles. The summed E-state index contributed by atoms with van der Waals surface area (Å²) in [5.41, 5.74) is 4.40. The molecule has 0 bridgehead atoms. The van der Waals surface area contributed by atoms with Gasteiger partial charge in [0.15, 0.2) is 11.5 Å². The number of benzene rings is 2. The van der Waals surface area contributed by atoms with Gasteiger partial charge < -0.3 is 30.2 Å². The second-order valence-electron chi connectivity index (χ2n) is 12.0. The van der Waals surface area contributed by atoms with Crippen LogP contribution < -0.4 is 35.6 Å². The molecule has 1 aliphatic carbocycles. The predicted octanol–water partition coefficient (Wildman–Crippen LogP) is 4.44. The molecule has 1 aliphatic heterocycles. The van der Waals surface area contributed by atoms with Gasteiger partial charge in [-0.15, -0.1) is 0 Å². The molecule has 2 amide bonds. The first-order valence-electron chi connectivity index (χ1n) is 15.8. The van der Waals surface area contributed by atoms with Crippen LogP contribution in [-0.4, -0.2) is 63.2 Å². The lowest BCUT2D eigenvalue weighted by Gasteiger charge is -2.33. The highest BCUT2D eigenvalue weighted by atomic mass is 16.5. The molecule has 46 heavy (non-hydrogen) atoms. The van der Waals surface area contributed by atoms with E-state index in [9.17, 15) is 14.4 Å². The van der Waals surface area contributed by atoms with Crippen molar-refractivity contribution in [3.8, 4) is 28.4 Å². The molecule has 0 aromatic heterocycles. The molecule has 3 aromatic carbocycles. The molecule has 10 heteroatoms. The molecule has 1 heterocycles. The number of hydrogen-bond donors (Lipinski definition) is 3. The van der Waals surface area contributed by atoms with Crippen molar-refractivity contribution in [3.63, 3.8) is 0 Å². The minimum absolute atomic E-state index is 0.0767. The van der Waals surface area contributed by atoms with E-state index in [4.69, 9.17) is 14.2 Å². The number of piperidine rings is 1. The summed E-state index contributed by atoms with van der Waals surface area (Å²) in [5, 5.41) is 9.34. The SMILES string of the molecule is COc1cc2c(c(OC)c1OC)-c1ccc(N[C@@H](C)C(=O)NC3CCN(Cc4ccccc4)CC3)c(=O)cc1[C@@H](NC(C)=O)CC2. The molecule has 3 aromatic rings. The van der Waals surface area contributed by atoms with E-state index in [1.807, 2.05) is 18.2 Å². The second kappa shape index (κ2) is 14.7. The first-order chi connectivity index (χ1) is 22.2. The minimum Gasteiger partial charge on any atom is -0.493 e. The molecule has 0 unspecified atom stereocenters. The van der Waals surface area contributed by atoms with Crippen molar-refractivity contribution in [2.75, 3.05) is 39.7 Å². The van der Waals surface area contributed by atoms with Crippen molar-refractivity contribution in [3.05, 3.63) is 81.5 Å². The molecule has 244 valence electrons. The highest BCUT2D eigenvalue weighted by molar-refractivity contribution is 5.86. The standard InChI is InChI=1S/C36H44N4O6/c1-22(36(43)39-26-15-17-40(18-16-26)21-24-9-7-6-8-10-24)37-30-14-12-27-28(20-31(30)42)29(38-23(2)41)13-11-25-19-32(44-3)34(45-4)35(46-5)33(25)27/h6-10,12,14,19-20,22,26,29H,11,13,15-18,21H2,1-5H3,(H,37,42)(H,38,41)(H,39,43)/t22-,29-/m0/s1. The number of fused-ring (bicyclic) bond motifs is 3. The second-order valence-corrected chi connectivity index (χ2v) is 12.0. The Morgan fingerprint density at radius 3 is 2.28 bits per heavy atom. The number of aryl methyl sites for hydroxylation is 1. The first-order valence-corrected chi connectivity index (χ1v) is 15.8. The molecule has 2 aliphatic rings. The quantitative estimate of drug-likeness (QED) is 0.302. The van der Waals surface area contributed by atoms with Gasteiger partial charge in [0.2, 0.25) is 23.0 Å². The van der Waals surface area contributed by atoms with Crippen LogP contribution in [0.4, 0.5) is 5.69 Å². The van der Waals surface area contributed by atoms with E-state index in [0.29, 0.717) is 35.7 Å². The summed E-state index contributed by atoms with van der Waals surface area (Å²) < 4.78 is 17.1. The van der Waals surface area contributed by atoms with E-state index >= 15 is 0 Å². The largest absolute Gasteiger partial charge is 0.493 e. The Balaban J connectivity index is 1.37. The number of methoxy groups -OCH3 is 3. The van der Waals surface area contributed by atoms with Crippen LogP contribution in [0.2, 0.25) is 0 Å². The van der Waals surface area contributed by atoms with E-state index in [2.05, 4.69) is 45.1 Å². The maximum absolute atomic E-state index is 13.7. The maximum atomic E-state index is 13.7. The van der Waals surface area contributed by atoms with Crippen LogP contribution in [0.5, 0.6) is 17.2 Å². The normalized spacial score (nSPS) is 17.0. The fourth-order valence-corrected chi connectivity index (χ4v) is 6.53. The molecule has 1 fully saturated rings. The summed E-state index contributed by atoms with van der Waals surface area (Å²) >= 11 is 0. The van der Waals surface area contributed by atoms with E-state index in [-0.39, 0.29) is 29.0 Å². The molecule has 3 N–H and O–H groups in total. The van der Waals surface area contributed by atoms with Crippen LogP contribution in [0.1, 0.15) is 55.8 Å². The summed E-state index contributed by atoms with van der Waals surface area (Å²) in [5.74, 6) is 1.10. The number of anilines is 1. The third kappa shape index (κ3) is 7.28. The van der Waals surface area contributed by atoms with E-state index < -0.39 is 12.1 Å². The first kappa shape index (κ1) is 32.8. The number of hydrogen-bond acceptors (Lipinski definition) is 8. The van der Waals surface area contributed by atoms with Crippen molar-refractivity contribution >= 4 is 17.5 Å². The molecule has 0 radical (unpaired) electrons. The van der Waals surface area contributed by atoms with Gasteiger partial charge in [-0.25, -0.2) is 0 Å². The van der Waals surface area contributed by atoms with E-state index in [1.165, 1.54) is 12.5 Å². The Bertz CT molecular complexity index is 1620. The van der Waals surface area contributed by atoms with Crippen molar-refractivity contribution in [2.45, 2.75) is 64.2 Å². The number of rotatable bonds is 10. The van der Waals surface area contributed by atoms with Gasteiger partial charge >= 0.3 is 0 Å². The smallest absolute Gasteiger partial charge is 0.242 e. The lowest BCUT2D eigenvalue weighted by atomic mass is 9.95. The van der Waals surface area contributed by atoms with Gasteiger partial charge in [0.25, 0.3) is 0 Å². The lowest BCUT2D eigenvalue weighted by Crippen LogP contribution is -2.48. The van der Waals surface area contributed by atoms with Crippen molar-refractivity contribution in [2.24, 2.45) is 0 Å². The molecular weight excluding hydrogens is 584 g/mol. The Kier molecular flexibility index (Phi) is 10.5. The maximum Gasteiger partial charge on any atom is 0.242 e. The number of nitrogens with zero attached hydrogens (tertiary/aromatic N) is 1. The topological polar surface area (TPSA) is 118 Å². The minimum atomic E-state index is -0.644. The van der Waals surface area contributed by atoms with Gasteiger partial charge in [-0.1, -0.05) is 36.4 Å². The third-order valence-electron chi connectivity index (χ3n) is 8.86. The van der Waals surface area contributed by atoms with Crippen LogP contribution in [0, 0.1) is 0 Å². The van der Waals surface area contributed by atoms with Crippen LogP contribution in [-0.2, 0) is 22.6 Å². The summed E-state index contributed by atoms with van der Waals surface area (Å²) in [6.07, 6.45) is 2.90. The molecule has 5 rings (SSSR count). The van der Waals surface area contributed by atoms with E-state index in [0.717, 1.165) is 49.2 Å². The Morgan fingerprint density at radius 2 is 1.63 bits per heavy atom. The summed E-state index contributed by atoms with van der Waals surface area (Å²) in [7, 11) is 4.69. The van der Waals surface area contributed by atoms with Gasteiger partial charge in [0, 0.05) is 38.2 Å². The number of carbonyl (C=O) groups is 2. The van der Waals surface area contributed by atoms with Crippen LogP contribution in [0.15, 0.2) is 59.4 Å². The Morgan fingerprint density at radius 1 is 0.913 bits per heavy atom. The van der Waals surface area contributed by atoms with Gasteiger partial charge in [-0.2, -0.15) is 0 Å². The summed E-state index contributed by atoms with van der Waals surface area (Å²) in [6.45, 7) is 5.94. The number of carbonyl (C=O) groups excluding carboxylic acids is 2. The highest BCUT2D eigenvalue weighted by Crippen LogP contribution is 2.50. The molecule has 10 nitrogen and oxygen atoms in total. The third-order valence-corrected chi connectivity index (χ3v) is 8.86. The zero-order valence-electron chi connectivity index (χ0n) is 27.3. The highest BCUT2D eigenvalue weighted by Gasteiger charge is 2.30. The van der Waals surface area contributed by atoms with Crippen molar-refractivity contribution in [1.82, 2.24) is 15.5 Å². The molecule has 1 saturated heterocycles. The number of nitrogens with one attached hydrogen (secondary N) is 3. The molecule has 2 atom stereocenters. The Hall–Kier alpha value is -4.57. The average Bonchev–Trinajstić information content (AvgIpc) is 3.29. The average molecular weight is 629 g/mol. The zero-order chi connectivity index (χ0) is 32.8. The van der Waals surface area contributed by atoms with Crippen molar-refractivity contribution in [1.29, 1.82) is 0 Å². The number of amides is 2. The van der Waals surface area contributed by atoms with Crippen LogP contribution >= 0.6 is 0 Å². The zero-order valence-corrected chi connectivity index (χ0v) is 27.3. The van der Waals surface area contributed by atoms with Gasteiger partial charge in [0.1, 0.15) is 6.04 Å². The van der Waals surface area contributed by atoms with Crippen LogP contribution in [0.3, 0.4) is 0 Å². The van der Waals surface area contributed by atoms with E-state index in [1.54, 1.807) is 40.4 Å².